The lowest BCUT2D eigenvalue weighted by molar-refractivity contribution is -0.121. The Morgan fingerprint density at radius 2 is 2.00 bits per heavy atom. The summed E-state index contributed by atoms with van der Waals surface area (Å²) in [5.41, 5.74) is 1.22. The number of carbonyl (C=O) groups is 1. The maximum Gasteiger partial charge on any atom is 0.234 e. The van der Waals surface area contributed by atoms with Crippen LogP contribution in [-0.4, -0.2) is 36.9 Å². The van der Waals surface area contributed by atoms with Gasteiger partial charge in [0.1, 0.15) is 5.54 Å². The van der Waals surface area contributed by atoms with Crippen molar-refractivity contribution in [3.05, 3.63) is 29.8 Å². The Kier molecular flexibility index (Phi) is 7.58. The van der Waals surface area contributed by atoms with Crippen molar-refractivity contribution in [1.29, 1.82) is 5.26 Å². The van der Waals surface area contributed by atoms with Gasteiger partial charge in [-0.2, -0.15) is 9.94 Å². The lowest BCUT2D eigenvalue weighted by Gasteiger charge is -2.28. The minimum atomic E-state index is -0.911. The summed E-state index contributed by atoms with van der Waals surface area (Å²) < 4.78 is 1.63. The van der Waals surface area contributed by atoms with Crippen LogP contribution in [0.15, 0.2) is 29.4 Å². The number of nitriles is 1. The second-order valence-electron chi connectivity index (χ2n) is 7.36. The molecule has 1 aromatic heterocycles. The van der Waals surface area contributed by atoms with Gasteiger partial charge >= 0.3 is 0 Å². The number of carbonyl (C=O) groups excluding carboxylic acids is 1. The van der Waals surface area contributed by atoms with Gasteiger partial charge in [-0.3, -0.25) is 4.79 Å². The molecular weight excluding hydrogens is 372 g/mol. The highest BCUT2D eigenvalue weighted by Crippen LogP contribution is 2.24. The number of aryl methyl sites for hydroxylation is 1. The number of nitrogens with zero attached hydrogens (tertiary/aromatic N) is 5. The molecule has 0 bridgehead atoms. The van der Waals surface area contributed by atoms with Crippen LogP contribution in [0.25, 0.3) is 5.69 Å². The molecule has 2 unspecified atom stereocenters. The highest BCUT2D eigenvalue weighted by atomic mass is 32.2. The molecule has 0 aliphatic rings. The SMILES string of the molecule is CCCCc1ccc(-n2nnnc2SC(C)C(=O)NC(C)(C#N)C(C)C)cc1. The van der Waals surface area contributed by atoms with E-state index in [-0.39, 0.29) is 11.8 Å². The number of rotatable bonds is 9. The first kappa shape index (κ1) is 21.9. The van der Waals surface area contributed by atoms with Gasteiger partial charge < -0.3 is 5.32 Å². The minimum Gasteiger partial charge on any atom is -0.337 e. The molecule has 1 amide bonds. The van der Waals surface area contributed by atoms with Crippen molar-refractivity contribution in [2.24, 2.45) is 5.92 Å². The van der Waals surface area contributed by atoms with Crippen molar-refractivity contribution < 1.29 is 4.79 Å². The number of thioether (sulfide) groups is 1. The largest absolute Gasteiger partial charge is 0.337 e. The zero-order valence-electron chi connectivity index (χ0n) is 17.1. The van der Waals surface area contributed by atoms with Gasteiger partial charge in [0.15, 0.2) is 0 Å². The Morgan fingerprint density at radius 3 is 2.57 bits per heavy atom. The molecule has 7 nitrogen and oxygen atoms in total. The number of benzene rings is 1. The number of aromatic nitrogens is 4. The molecule has 0 aliphatic heterocycles. The number of hydrogen-bond donors (Lipinski definition) is 1. The van der Waals surface area contributed by atoms with Crippen molar-refractivity contribution in [1.82, 2.24) is 25.5 Å². The van der Waals surface area contributed by atoms with Crippen molar-refractivity contribution >= 4 is 17.7 Å². The van der Waals surface area contributed by atoms with Gasteiger partial charge in [0.05, 0.1) is 17.0 Å². The van der Waals surface area contributed by atoms with Crippen molar-refractivity contribution in [3.63, 3.8) is 0 Å². The van der Waals surface area contributed by atoms with E-state index in [1.807, 2.05) is 26.0 Å². The van der Waals surface area contributed by atoms with E-state index in [0.717, 1.165) is 24.9 Å². The minimum absolute atomic E-state index is 0.00445. The zero-order valence-corrected chi connectivity index (χ0v) is 18.0. The fourth-order valence-corrected chi connectivity index (χ4v) is 3.28. The topological polar surface area (TPSA) is 96.5 Å². The second-order valence-corrected chi connectivity index (χ2v) is 8.67. The van der Waals surface area contributed by atoms with Crippen molar-refractivity contribution in [3.8, 4) is 11.8 Å². The molecule has 1 N–H and O–H groups in total. The first-order valence-corrected chi connectivity index (χ1v) is 10.5. The molecule has 0 aliphatic carbocycles. The molecule has 1 aromatic carbocycles. The third-order valence-corrected chi connectivity index (χ3v) is 5.90. The monoisotopic (exact) mass is 400 g/mol. The van der Waals surface area contributed by atoms with Gasteiger partial charge in [0.2, 0.25) is 11.1 Å². The molecule has 2 atom stereocenters. The maximum atomic E-state index is 12.6. The first-order valence-electron chi connectivity index (χ1n) is 9.58. The Hall–Kier alpha value is -2.40. The van der Waals surface area contributed by atoms with Gasteiger partial charge in [0, 0.05) is 0 Å². The lowest BCUT2D eigenvalue weighted by Crippen LogP contribution is -2.51. The summed E-state index contributed by atoms with van der Waals surface area (Å²) in [5.74, 6) is -0.220. The molecule has 0 saturated carbocycles. The third kappa shape index (κ3) is 5.32. The Labute approximate surface area is 170 Å². The van der Waals surface area contributed by atoms with Crippen LogP contribution >= 0.6 is 11.8 Å². The number of nitrogens with one attached hydrogen (secondary N) is 1. The maximum absolute atomic E-state index is 12.6. The predicted molar refractivity (Wildman–Crippen MR) is 110 cm³/mol. The summed E-state index contributed by atoms with van der Waals surface area (Å²) in [7, 11) is 0. The van der Waals surface area contributed by atoms with Crippen LogP contribution in [-0.2, 0) is 11.2 Å². The van der Waals surface area contributed by atoms with Gasteiger partial charge in [-0.1, -0.05) is 51.1 Å². The van der Waals surface area contributed by atoms with Crippen molar-refractivity contribution in [2.75, 3.05) is 0 Å². The average molecular weight is 401 g/mol. The summed E-state index contributed by atoms with van der Waals surface area (Å²) >= 11 is 1.27. The Bertz CT molecular complexity index is 826. The molecule has 0 radical (unpaired) electrons. The Morgan fingerprint density at radius 1 is 1.32 bits per heavy atom. The second kappa shape index (κ2) is 9.69. The van der Waals surface area contributed by atoms with E-state index in [2.05, 4.69) is 46.0 Å². The summed E-state index contributed by atoms with van der Waals surface area (Å²) in [6.45, 7) is 9.51. The van der Waals surface area contributed by atoms with Gasteiger partial charge in [-0.05, 0) is 60.7 Å². The van der Waals surface area contributed by atoms with Crippen LogP contribution in [0.4, 0.5) is 0 Å². The fourth-order valence-electron chi connectivity index (χ4n) is 2.47. The van der Waals surface area contributed by atoms with E-state index in [1.54, 1.807) is 18.5 Å². The molecule has 0 spiro atoms. The van der Waals surface area contributed by atoms with Gasteiger partial charge in [0.25, 0.3) is 0 Å². The van der Waals surface area contributed by atoms with Gasteiger partial charge in [-0.15, -0.1) is 5.10 Å². The number of tetrazole rings is 1. The average Bonchev–Trinajstić information content (AvgIpc) is 3.14. The molecule has 150 valence electrons. The van der Waals surface area contributed by atoms with Crippen LogP contribution in [0.2, 0.25) is 0 Å². The number of unbranched alkanes of at least 4 members (excludes halogenated alkanes) is 1. The predicted octanol–water partition coefficient (Wildman–Crippen LogP) is 3.54. The van der Waals surface area contributed by atoms with E-state index in [9.17, 15) is 10.1 Å². The van der Waals surface area contributed by atoms with Crippen LogP contribution < -0.4 is 5.32 Å². The van der Waals surface area contributed by atoms with E-state index >= 15 is 0 Å². The zero-order chi connectivity index (χ0) is 20.7. The lowest BCUT2D eigenvalue weighted by atomic mass is 9.90. The van der Waals surface area contributed by atoms with Gasteiger partial charge in [-0.25, -0.2) is 0 Å². The fraction of sp³-hybridized carbons (Fsp3) is 0.550. The normalized spacial score (nSPS) is 14.3. The van der Waals surface area contributed by atoms with Crippen LogP contribution in [0.5, 0.6) is 0 Å². The molecule has 8 heteroatoms. The molecule has 2 aromatic rings. The van der Waals surface area contributed by atoms with Crippen molar-refractivity contribution in [2.45, 2.75) is 69.8 Å². The van der Waals surface area contributed by atoms with E-state index < -0.39 is 10.8 Å². The third-order valence-electron chi connectivity index (χ3n) is 4.86. The molecule has 2 rings (SSSR count). The summed E-state index contributed by atoms with van der Waals surface area (Å²) in [6, 6.07) is 10.3. The number of amides is 1. The summed E-state index contributed by atoms with van der Waals surface area (Å²) in [4.78, 5) is 12.6. The highest BCUT2D eigenvalue weighted by Gasteiger charge is 2.32. The van der Waals surface area contributed by atoms with Crippen LogP contribution in [0.3, 0.4) is 0 Å². The first-order chi connectivity index (χ1) is 13.3. The highest BCUT2D eigenvalue weighted by molar-refractivity contribution is 8.00. The van der Waals surface area contributed by atoms with Crippen LogP contribution in [0, 0.1) is 17.2 Å². The van der Waals surface area contributed by atoms with Crippen LogP contribution in [0.1, 0.15) is 53.0 Å². The Balaban J connectivity index is 2.09. The molecule has 0 saturated heterocycles. The molecule has 28 heavy (non-hydrogen) atoms. The van der Waals surface area contributed by atoms with E-state index in [1.165, 1.54) is 17.3 Å². The summed E-state index contributed by atoms with van der Waals surface area (Å²) in [5, 5.41) is 24.2. The standard InChI is InChI=1S/C20H28N6OS/c1-6-7-8-16-9-11-17(12-10-16)26-19(23-24-25-26)28-15(4)18(27)22-20(5,13-21)14(2)3/h9-12,14-15H,6-8H2,1-5H3,(H,22,27). The number of hydrogen-bond acceptors (Lipinski definition) is 6. The summed E-state index contributed by atoms with van der Waals surface area (Å²) in [6.07, 6.45) is 3.38. The molecule has 1 heterocycles. The smallest absolute Gasteiger partial charge is 0.234 e. The molecule has 0 fully saturated rings. The van der Waals surface area contributed by atoms with E-state index in [4.69, 9.17) is 0 Å². The van der Waals surface area contributed by atoms with E-state index in [0.29, 0.717) is 5.16 Å². The quantitative estimate of drug-likeness (QED) is 0.647. The molecular formula is C20H28N6OS.